The Morgan fingerprint density at radius 2 is 1.89 bits per heavy atom. The molecule has 5 rings (SSSR count). The summed E-state index contributed by atoms with van der Waals surface area (Å²) in [5.74, 6) is 1.36. The van der Waals surface area contributed by atoms with Gasteiger partial charge in [0.2, 0.25) is 5.88 Å². The highest BCUT2D eigenvalue weighted by Crippen LogP contribution is 2.39. The normalized spacial score (nSPS) is 21.7. The summed E-state index contributed by atoms with van der Waals surface area (Å²) in [6, 6.07) is 17.6. The summed E-state index contributed by atoms with van der Waals surface area (Å²) < 4.78 is 5.97. The third-order valence-corrected chi connectivity index (χ3v) is 6.61. The van der Waals surface area contributed by atoms with Crippen molar-refractivity contribution in [3.8, 4) is 17.4 Å². The molecule has 1 aliphatic heterocycles. The third-order valence-electron chi connectivity index (χ3n) is 5.19. The maximum absolute atomic E-state index is 10.0. The summed E-state index contributed by atoms with van der Waals surface area (Å²) in [7, 11) is 0. The molecule has 2 aliphatic rings. The third kappa shape index (κ3) is 3.28. The molecule has 4 nitrogen and oxygen atoms in total. The van der Waals surface area contributed by atoms with Crippen LogP contribution in [0.3, 0.4) is 0 Å². The van der Waals surface area contributed by atoms with Gasteiger partial charge in [0.05, 0.1) is 11.1 Å². The van der Waals surface area contributed by atoms with Crippen LogP contribution >= 0.6 is 11.8 Å². The lowest BCUT2D eigenvalue weighted by Crippen LogP contribution is -2.21. The van der Waals surface area contributed by atoms with Crippen molar-refractivity contribution >= 4 is 27.7 Å². The topological polar surface area (TPSA) is 54.7 Å². The lowest BCUT2D eigenvalue weighted by molar-refractivity contribution is 0.459. The molecule has 1 saturated carbocycles. The number of ether oxygens (including phenoxy) is 1. The molecule has 2 heterocycles. The van der Waals surface area contributed by atoms with Crippen LogP contribution in [0.4, 0.5) is 0 Å². The summed E-state index contributed by atoms with van der Waals surface area (Å²) in [5.41, 5.74) is 1.65. The smallest absolute Gasteiger partial charge is 0.219 e. The van der Waals surface area contributed by atoms with Crippen LogP contribution in [0.15, 0.2) is 59.6 Å². The fourth-order valence-electron chi connectivity index (χ4n) is 3.81. The van der Waals surface area contributed by atoms with Gasteiger partial charge in [-0.2, -0.15) is 0 Å². The first-order valence-electron chi connectivity index (χ1n) is 9.38. The predicted molar refractivity (Wildman–Crippen MR) is 110 cm³/mol. The molecular weight excluding hydrogens is 356 g/mol. The number of hydrogen-bond acceptors (Lipinski definition) is 5. The van der Waals surface area contributed by atoms with Crippen LogP contribution in [-0.4, -0.2) is 26.4 Å². The number of aliphatic imine (C=N–C) groups is 1. The van der Waals surface area contributed by atoms with Crippen LogP contribution < -0.4 is 4.74 Å². The summed E-state index contributed by atoms with van der Waals surface area (Å²) in [6.07, 6.45) is 5.09. The van der Waals surface area contributed by atoms with Gasteiger partial charge in [-0.25, -0.2) is 4.98 Å². The van der Waals surface area contributed by atoms with E-state index in [1.54, 1.807) is 12.1 Å². The van der Waals surface area contributed by atoms with Gasteiger partial charge < -0.3 is 9.84 Å². The number of benzene rings is 2. The average molecular weight is 376 g/mol. The van der Waals surface area contributed by atoms with Crippen molar-refractivity contribution in [1.29, 1.82) is 0 Å². The quantitative estimate of drug-likeness (QED) is 0.652. The average Bonchev–Trinajstić information content (AvgIpc) is 3.13. The van der Waals surface area contributed by atoms with E-state index in [9.17, 15) is 5.11 Å². The summed E-state index contributed by atoms with van der Waals surface area (Å²) in [6.45, 7) is 0. The van der Waals surface area contributed by atoms with Gasteiger partial charge >= 0.3 is 0 Å². The zero-order chi connectivity index (χ0) is 18.2. The van der Waals surface area contributed by atoms with E-state index in [1.807, 2.05) is 48.2 Å². The second kappa shape index (κ2) is 6.89. The highest BCUT2D eigenvalue weighted by Gasteiger charge is 2.32. The molecule has 136 valence electrons. The molecule has 0 radical (unpaired) electrons. The van der Waals surface area contributed by atoms with Crippen LogP contribution in [0.5, 0.6) is 17.4 Å². The number of aromatic hydroxyl groups is 1. The van der Waals surface area contributed by atoms with Crippen LogP contribution in [0, 0.1) is 0 Å². The van der Waals surface area contributed by atoms with Crippen molar-refractivity contribution in [2.45, 2.75) is 37.0 Å². The molecule has 0 saturated heterocycles. The second-order valence-electron chi connectivity index (χ2n) is 7.07. The van der Waals surface area contributed by atoms with Crippen molar-refractivity contribution < 1.29 is 9.84 Å². The van der Waals surface area contributed by atoms with Gasteiger partial charge in [0, 0.05) is 22.3 Å². The van der Waals surface area contributed by atoms with E-state index < -0.39 is 0 Å². The van der Waals surface area contributed by atoms with Gasteiger partial charge in [0.15, 0.2) is 0 Å². The monoisotopic (exact) mass is 376 g/mol. The van der Waals surface area contributed by atoms with E-state index in [0.717, 1.165) is 21.7 Å². The predicted octanol–water partition coefficient (Wildman–Crippen LogP) is 5.54. The molecule has 1 aliphatic carbocycles. The number of pyridine rings is 1. The summed E-state index contributed by atoms with van der Waals surface area (Å²) in [5, 5.41) is 12.7. The minimum absolute atomic E-state index is 0.158. The molecule has 1 aromatic heterocycles. The SMILES string of the molecule is Oc1cccc2ccc(Oc3cccc(C4=N[C@H]5CCCCC5S4)c3)nc12. The Hall–Kier alpha value is -2.53. The van der Waals surface area contributed by atoms with Gasteiger partial charge in [0.25, 0.3) is 0 Å². The molecule has 0 spiro atoms. The first-order chi connectivity index (χ1) is 13.3. The highest BCUT2D eigenvalue weighted by atomic mass is 32.2. The summed E-state index contributed by atoms with van der Waals surface area (Å²) in [4.78, 5) is 9.40. The standard InChI is InChI=1S/C22H20N2O2S/c25-18-9-4-5-14-11-12-20(24-21(14)18)26-16-7-3-6-15(13-16)22-23-17-8-1-2-10-19(17)27-22/h3-7,9,11-13,17,19,25H,1-2,8,10H2/t17-,19?/m0/s1. The van der Waals surface area contributed by atoms with Crippen LogP contribution in [0.1, 0.15) is 31.2 Å². The van der Waals surface area contributed by atoms with Crippen LogP contribution in [0.25, 0.3) is 10.9 Å². The largest absolute Gasteiger partial charge is 0.506 e. The first-order valence-corrected chi connectivity index (χ1v) is 10.3. The van der Waals surface area contributed by atoms with Crippen molar-refractivity contribution in [2.24, 2.45) is 4.99 Å². The molecule has 27 heavy (non-hydrogen) atoms. The molecule has 0 bridgehead atoms. The molecule has 0 amide bonds. The van der Waals surface area contributed by atoms with Crippen LogP contribution in [0.2, 0.25) is 0 Å². The van der Waals surface area contributed by atoms with E-state index >= 15 is 0 Å². The molecule has 1 unspecified atom stereocenters. The van der Waals surface area contributed by atoms with Crippen molar-refractivity contribution in [2.75, 3.05) is 0 Å². The van der Waals surface area contributed by atoms with E-state index in [1.165, 1.54) is 25.7 Å². The Morgan fingerprint density at radius 3 is 2.81 bits per heavy atom. The molecule has 2 atom stereocenters. The Morgan fingerprint density at radius 1 is 1.00 bits per heavy atom. The fraction of sp³-hybridized carbons (Fsp3) is 0.273. The number of nitrogens with zero attached hydrogens (tertiary/aromatic N) is 2. The number of aromatic nitrogens is 1. The number of phenols is 1. The minimum atomic E-state index is 0.158. The number of hydrogen-bond donors (Lipinski definition) is 1. The number of para-hydroxylation sites is 1. The van der Waals surface area contributed by atoms with Crippen molar-refractivity contribution in [3.05, 3.63) is 60.2 Å². The Balaban J connectivity index is 1.40. The Kier molecular flexibility index (Phi) is 4.24. The zero-order valence-corrected chi connectivity index (χ0v) is 15.7. The number of phenolic OH excluding ortho intramolecular Hbond substituents is 1. The highest BCUT2D eigenvalue weighted by molar-refractivity contribution is 8.15. The molecule has 1 fully saturated rings. The molecule has 5 heteroatoms. The number of rotatable bonds is 3. The van der Waals surface area contributed by atoms with Gasteiger partial charge in [-0.1, -0.05) is 37.1 Å². The summed E-state index contributed by atoms with van der Waals surface area (Å²) >= 11 is 1.91. The molecule has 2 aromatic carbocycles. The molecule has 1 N–H and O–H groups in total. The van der Waals surface area contributed by atoms with E-state index in [0.29, 0.717) is 22.7 Å². The number of thioether (sulfide) groups is 1. The van der Waals surface area contributed by atoms with Gasteiger partial charge in [0.1, 0.15) is 17.0 Å². The van der Waals surface area contributed by atoms with Gasteiger partial charge in [-0.3, -0.25) is 4.99 Å². The zero-order valence-electron chi connectivity index (χ0n) is 14.8. The number of fused-ring (bicyclic) bond motifs is 2. The van der Waals surface area contributed by atoms with E-state index in [4.69, 9.17) is 9.73 Å². The Labute approximate surface area is 162 Å². The van der Waals surface area contributed by atoms with Crippen molar-refractivity contribution in [3.63, 3.8) is 0 Å². The first kappa shape index (κ1) is 16.6. The van der Waals surface area contributed by atoms with Crippen LogP contribution in [-0.2, 0) is 0 Å². The van der Waals surface area contributed by atoms with Gasteiger partial charge in [-0.05, 0) is 37.1 Å². The fourth-order valence-corrected chi connectivity index (χ4v) is 5.20. The Bertz CT molecular complexity index is 1030. The minimum Gasteiger partial charge on any atom is -0.506 e. The second-order valence-corrected chi connectivity index (χ2v) is 8.30. The van der Waals surface area contributed by atoms with E-state index in [-0.39, 0.29) is 5.75 Å². The maximum Gasteiger partial charge on any atom is 0.219 e. The lowest BCUT2D eigenvalue weighted by Gasteiger charge is -2.21. The van der Waals surface area contributed by atoms with Crippen molar-refractivity contribution in [1.82, 2.24) is 4.98 Å². The van der Waals surface area contributed by atoms with E-state index in [2.05, 4.69) is 11.1 Å². The van der Waals surface area contributed by atoms with Gasteiger partial charge in [-0.15, -0.1) is 11.8 Å². The maximum atomic E-state index is 10.0. The molecule has 3 aromatic rings. The lowest BCUT2D eigenvalue weighted by atomic mass is 9.95. The molecular formula is C22H20N2O2S.